The molecule has 108 valence electrons. The van der Waals surface area contributed by atoms with Crippen molar-refractivity contribution in [1.82, 2.24) is 15.1 Å². The van der Waals surface area contributed by atoms with Crippen LogP contribution in [0.4, 0.5) is 5.82 Å². The Kier molecular flexibility index (Phi) is 3.82. The SMILES string of the molecule is Cc1nc([C@@H]2CCCCCN2c2ccc(C#N)cn2)no1. The van der Waals surface area contributed by atoms with E-state index in [0.29, 0.717) is 11.5 Å². The summed E-state index contributed by atoms with van der Waals surface area (Å²) in [6, 6.07) is 5.87. The van der Waals surface area contributed by atoms with Crippen LogP contribution in [-0.2, 0) is 0 Å². The Morgan fingerprint density at radius 3 is 2.90 bits per heavy atom. The first-order valence-corrected chi connectivity index (χ1v) is 7.21. The molecule has 2 aromatic heterocycles. The standard InChI is InChI=1S/C15H17N5O/c1-11-18-15(19-21-11)13-5-3-2-4-8-20(13)14-7-6-12(9-16)10-17-14/h6-7,10,13H,2-5,8H2,1H3/t13-/m0/s1. The van der Waals surface area contributed by atoms with Crippen molar-refractivity contribution in [3.8, 4) is 6.07 Å². The third-order valence-electron chi connectivity index (χ3n) is 3.77. The maximum Gasteiger partial charge on any atom is 0.223 e. The van der Waals surface area contributed by atoms with Gasteiger partial charge in [-0.25, -0.2) is 4.98 Å². The van der Waals surface area contributed by atoms with Crippen LogP contribution in [0.25, 0.3) is 0 Å². The van der Waals surface area contributed by atoms with Gasteiger partial charge in [0, 0.05) is 19.7 Å². The molecule has 3 rings (SSSR count). The van der Waals surface area contributed by atoms with Gasteiger partial charge in [0.1, 0.15) is 11.9 Å². The lowest BCUT2D eigenvalue weighted by atomic mass is 10.1. The molecule has 2 aromatic rings. The van der Waals surface area contributed by atoms with E-state index in [1.807, 2.05) is 6.07 Å². The van der Waals surface area contributed by atoms with E-state index >= 15 is 0 Å². The summed E-state index contributed by atoms with van der Waals surface area (Å²) < 4.78 is 5.13. The van der Waals surface area contributed by atoms with Crippen molar-refractivity contribution in [3.05, 3.63) is 35.6 Å². The highest BCUT2D eigenvalue weighted by Gasteiger charge is 2.27. The zero-order chi connectivity index (χ0) is 14.7. The van der Waals surface area contributed by atoms with Crippen molar-refractivity contribution in [3.63, 3.8) is 0 Å². The molecule has 6 nitrogen and oxygen atoms in total. The van der Waals surface area contributed by atoms with Crippen molar-refractivity contribution >= 4 is 5.82 Å². The summed E-state index contributed by atoms with van der Waals surface area (Å²) in [4.78, 5) is 11.0. The smallest absolute Gasteiger partial charge is 0.223 e. The fourth-order valence-electron chi connectivity index (χ4n) is 2.72. The van der Waals surface area contributed by atoms with Gasteiger partial charge in [0.2, 0.25) is 5.89 Å². The molecule has 1 aliphatic heterocycles. The molecule has 0 bridgehead atoms. The number of nitriles is 1. The quantitative estimate of drug-likeness (QED) is 0.843. The molecule has 1 aliphatic rings. The molecule has 0 spiro atoms. The van der Waals surface area contributed by atoms with Crippen molar-refractivity contribution in [2.24, 2.45) is 0 Å². The van der Waals surface area contributed by atoms with E-state index in [-0.39, 0.29) is 6.04 Å². The predicted molar refractivity (Wildman–Crippen MR) is 76.5 cm³/mol. The molecule has 1 fully saturated rings. The van der Waals surface area contributed by atoms with E-state index in [9.17, 15) is 0 Å². The molecule has 6 heteroatoms. The summed E-state index contributed by atoms with van der Waals surface area (Å²) in [6.45, 7) is 2.72. The fourth-order valence-corrected chi connectivity index (χ4v) is 2.72. The van der Waals surface area contributed by atoms with E-state index in [1.54, 1.807) is 19.2 Å². The molecule has 0 unspecified atom stereocenters. The summed E-state index contributed by atoms with van der Waals surface area (Å²) >= 11 is 0. The zero-order valence-electron chi connectivity index (χ0n) is 12.0. The van der Waals surface area contributed by atoms with Gasteiger partial charge in [-0.15, -0.1) is 0 Å². The highest BCUT2D eigenvalue weighted by molar-refractivity contribution is 5.43. The Bertz CT molecular complexity index is 643. The van der Waals surface area contributed by atoms with Crippen molar-refractivity contribution in [2.45, 2.75) is 38.6 Å². The Labute approximate surface area is 123 Å². The third kappa shape index (κ3) is 2.87. The topological polar surface area (TPSA) is 78.8 Å². The van der Waals surface area contributed by atoms with Crippen LogP contribution >= 0.6 is 0 Å². The van der Waals surface area contributed by atoms with Gasteiger partial charge in [-0.2, -0.15) is 10.2 Å². The summed E-state index contributed by atoms with van der Waals surface area (Å²) in [5.74, 6) is 2.17. The van der Waals surface area contributed by atoms with Crippen molar-refractivity contribution < 1.29 is 4.52 Å². The molecule has 0 amide bonds. The normalized spacial score (nSPS) is 19.0. The largest absolute Gasteiger partial charge is 0.346 e. The highest BCUT2D eigenvalue weighted by atomic mass is 16.5. The van der Waals surface area contributed by atoms with E-state index < -0.39 is 0 Å². The predicted octanol–water partition coefficient (Wildman–Crippen LogP) is 2.77. The summed E-state index contributed by atoms with van der Waals surface area (Å²) in [6.07, 6.45) is 6.06. The summed E-state index contributed by atoms with van der Waals surface area (Å²) in [5, 5.41) is 13.0. The summed E-state index contributed by atoms with van der Waals surface area (Å²) in [5.41, 5.74) is 0.570. The van der Waals surface area contributed by atoms with Crippen LogP contribution in [0.2, 0.25) is 0 Å². The molecule has 3 heterocycles. The van der Waals surface area contributed by atoms with Crippen LogP contribution in [0, 0.1) is 18.3 Å². The van der Waals surface area contributed by atoms with Gasteiger partial charge >= 0.3 is 0 Å². The minimum absolute atomic E-state index is 0.0883. The number of aromatic nitrogens is 3. The van der Waals surface area contributed by atoms with E-state index in [0.717, 1.165) is 37.4 Å². The number of hydrogen-bond acceptors (Lipinski definition) is 6. The van der Waals surface area contributed by atoms with E-state index in [1.165, 1.54) is 6.42 Å². The molecule has 0 N–H and O–H groups in total. The molecule has 1 saturated heterocycles. The molecule has 0 aromatic carbocycles. The maximum atomic E-state index is 8.88. The lowest BCUT2D eigenvalue weighted by molar-refractivity contribution is 0.380. The Balaban J connectivity index is 1.92. The van der Waals surface area contributed by atoms with Gasteiger partial charge in [-0.05, 0) is 25.0 Å². The number of anilines is 1. The Morgan fingerprint density at radius 2 is 2.24 bits per heavy atom. The first kappa shape index (κ1) is 13.6. The van der Waals surface area contributed by atoms with Gasteiger partial charge in [-0.3, -0.25) is 0 Å². The van der Waals surface area contributed by atoms with Crippen molar-refractivity contribution in [1.29, 1.82) is 5.26 Å². The second-order valence-electron chi connectivity index (χ2n) is 5.25. The van der Waals surface area contributed by atoms with E-state index in [2.05, 4.69) is 26.1 Å². The fraction of sp³-hybridized carbons (Fsp3) is 0.467. The number of rotatable bonds is 2. The average molecular weight is 283 g/mol. The summed E-state index contributed by atoms with van der Waals surface area (Å²) in [7, 11) is 0. The van der Waals surface area contributed by atoms with Crippen LogP contribution in [0.15, 0.2) is 22.9 Å². The van der Waals surface area contributed by atoms with Crippen LogP contribution < -0.4 is 4.90 Å². The zero-order valence-corrected chi connectivity index (χ0v) is 12.0. The third-order valence-corrected chi connectivity index (χ3v) is 3.77. The minimum atomic E-state index is 0.0883. The van der Waals surface area contributed by atoms with Crippen LogP contribution in [0.5, 0.6) is 0 Å². The van der Waals surface area contributed by atoms with Gasteiger partial charge in [0.25, 0.3) is 0 Å². The first-order valence-electron chi connectivity index (χ1n) is 7.21. The maximum absolute atomic E-state index is 8.88. The van der Waals surface area contributed by atoms with Gasteiger partial charge in [0.05, 0.1) is 11.6 Å². The second kappa shape index (κ2) is 5.92. The highest BCUT2D eigenvalue weighted by Crippen LogP contribution is 2.31. The molecular formula is C15H17N5O. The molecule has 1 atom stereocenters. The Morgan fingerprint density at radius 1 is 1.33 bits per heavy atom. The van der Waals surface area contributed by atoms with Crippen molar-refractivity contribution in [2.75, 3.05) is 11.4 Å². The van der Waals surface area contributed by atoms with Crippen LogP contribution in [0.1, 0.15) is 49.0 Å². The second-order valence-corrected chi connectivity index (χ2v) is 5.25. The van der Waals surface area contributed by atoms with Gasteiger partial charge < -0.3 is 9.42 Å². The monoisotopic (exact) mass is 283 g/mol. The molecular weight excluding hydrogens is 266 g/mol. The molecule has 0 aliphatic carbocycles. The number of nitrogens with zero attached hydrogens (tertiary/aromatic N) is 5. The lowest BCUT2D eigenvalue weighted by Crippen LogP contribution is -2.29. The number of aryl methyl sites for hydroxylation is 1. The van der Waals surface area contributed by atoms with E-state index in [4.69, 9.17) is 9.78 Å². The van der Waals surface area contributed by atoms with Crippen LogP contribution in [-0.4, -0.2) is 21.7 Å². The molecule has 21 heavy (non-hydrogen) atoms. The lowest BCUT2D eigenvalue weighted by Gasteiger charge is -2.28. The first-order chi connectivity index (χ1) is 10.3. The van der Waals surface area contributed by atoms with Gasteiger partial charge in [0.15, 0.2) is 5.82 Å². The van der Waals surface area contributed by atoms with Gasteiger partial charge in [-0.1, -0.05) is 18.0 Å². The molecule has 0 radical (unpaired) electrons. The number of hydrogen-bond donors (Lipinski definition) is 0. The van der Waals surface area contributed by atoms with Crippen LogP contribution in [0.3, 0.4) is 0 Å². The number of pyridine rings is 1. The molecule has 0 saturated carbocycles. The minimum Gasteiger partial charge on any atom is -0.346 e. The Hall–Kier alpha value is -2.42. The average Bonchev–Trinajstić information content (AvgIpc) is 2.80.